The lowest BCUT2D eigenvalue weighted by Gasteiger charge is -2.19. The van der Waals surface area contributed by atoms with Crippen LogP contribution in [0.4, 0.5) is 0 Å². The van der Waals surface area contributed by atoms with Crippen LogP contribution in [0.2, 0.25) is 0 Å². The zero-order chi connectivity index (χ0) is 9.56. The Balaban J connectivity index is 3.89. The lowest BCUT2D eigenvalue weighted by atomic mass is 10.2. The van der Waals surface area contributed by atoms with E-state index < -0.39 is 31.6 Å². The zero-order valence-electron chi connectivity index (χ0n) is 6.75. The van der Waals surface area contributed by atoms with Crippen molar-refractivity contribution in [1.82, 2.24) is 0 Å². The van der Waals surface area contributed by atoms with Gasteiger partial charge in [-0.15, -0.1) is 0 Å². The molecule has 3 atom stereocenters. The van der Waals surface area contributed by atoms with Crippen molar-refractivity contribution in [2.24, 2.45) is 5.18 Å². The second-order valence-corrected chi connectivity index (χ2v) is 2.34. The van der Waals surface area contributed by atoms with Gasteiger partial charge < -0.3 is 20.1 Å². The SMILES string of the molecule is CC(N=O)C(CO)OC(O)CO. The average molecular weight is 179 g/mol. The van der Waals surface area contributed by atoms with Gasteiger partial charge in [0.15, 0.2) is 6.29 Å². The molecule has 0 saturated carbocycles. The molecular weight excluding hydrogens is 166 g/mol. The van der Waals surface area contributed by atoms with Crippen molar-refractivity contribution in [2.45, 2.75) is 25.4 Å². The number of hydrogen-bond donors (Lipinski definition) is 3. The van der Waals surface area contributed by atoms with Crippen LogP contribution in [0.25, 0.3) is 0 Å². The molecule has 0 fully saturated rings. The van der Waals surface area contributed by atoms with Crippen molar-refractivity contribution < 1.29 is 20.1 Å². The van der Waals surface area contributed by atoms with E-state index in [1.54, 1.807) is 0 Å². The summed E-state index contributed by atoms with van der Waals surface area (Å²) in [5.41, 5.74) is 0. The Morgan fingerprint density at radius 2 is 2.00 bits per heavy atom. The topological polar surface area (TPSA) is 99.4 Å². The van der Waals surface area contributed by atoms with Crippen LogP contribution in [0.15, 0.2) is 5.18 Å². The second kappa shape index (κ2) is 6.01. The zero-order valence-corrected chi connectivity index (χ0v) is 6.75. The summed E-state index contributed by atoms with van der Waals surface area (Å²) in [4.78, 5) is 9.99. The summed E-state index contributed by atoms with van der Waals surface area (Å²) in [6.07, 6.45) is -2.25. The maximum atomic E-state index is 9.99. The molecule has 0 saturated heterocycles. The van der Waals surface area contributed by atoms with Gasteiger partial charge in [-0.3, -0.25) is 0 Å². The van der Waals surface area contributed by atoms with E-state index in [9.17, 15) is 4.91 Å². The second-order valence-electron chi connectivity index (χ2n) is 2.34. The average Bonchev–Trinajstić information content (AvgIpc) is 2.12. The Morgan fingerprint density at radius 3 is 2.33 bits per heavy atom. The number of nitrogens with zero attached hydrogens (tertiary/aromatic N) is 1. The van der Waals surface area contributed by atoms with Crippen molar-refractivity contribution in [3.05, 3.63) is 4.91 Å². The van der Waals surface area contributed by atoms with Crippen LogP contribution >= 0.6 is 0 Å². The van der Waals surface area contributed by atoms with Gasteiger partial charge in [0.25, 0.3) is 0 Å². The van der Waals surface area contributed by atoms with Crippen LogP contribution in [0.1, 0.15) is 6.92 Å². The molecule has 0 radical (unpaired) electrons. The van der Waals surface area contributed by atoms with Gasteiger partial charge in [0.05, 0.1) is 13.2 Å². The third-order valence-electron chi connectivity index (χ3n) is 1.37. The van der Waals surface area contributed by atoms with E-state index in [-0.39, 0.29) is 0 Å². The minimum absolute atomic E-state index is 0.427. The van der Waals surface area contributed by atoms with Crippen LogP contribution in [-0.4, -0.2) is 47.0 Å². The number of aliphatic hydroxyl groups excluding tert-OH is 3. The lowest BCUT2D eigenvalue weighted by Crippen LogP contribution is -2.34. The Bertz CT molecular complexity index is 131. The van der Waals surface area contributed by atoms with E-state index in [1.807, 2.05) is 0 Å². The fourth-order valence-corrected chi connectivity index (χ4v) is 0.622. The van der Waals surface area contributed by atoms with Gasteiger partial charge >= 0.3 is 0 Å². The number of rotatable bonds is 6. The van der Waals surface area contributed by atoms with Gasteiger partial charge in [-0.2, -0.15) is 4.91 Å². The molecule has 0 aliphatic carbocycles. The van der Waals surface area contributed by atoms with Gasteiger partial charge in [-0.05, 0) is 6.92 Å². The molecule has 0 spiro atoms. The molecule has 6 heteroatoms. The van der Waals surface area contributed by atoms with E-state index in [0.717, 1.165) is 0 Å². The van der Waals surface area contributed by atoms with Crippen molar-refractivity contribution in [3.8, 4) is 0 Å². The summed E-state index contributed by atoms with van der Waals surface area (Å²) in [5, 5.41) is 28.4. The number of nitroso groups, excluding NO2 is 1. The maximum absolute atomic E-state index is 9.99. The molecule has 0 aromatic rings. The third kappa shape index (κ3) is 3.72. The van der Waals surface area contributed by atoms with Crippen LogP contribution in [0.5, 0.6) is 0 Å². The first-order chi connectivity index (χ1) is 5.65. The summed E-state index contributed by atoms with van der Waals surface area (Å²) in [6, 6.07) is -0.754. The molecule has 12 heavy (non-hydrogen) atoms. The number of hydrogen-bond acceptors (Lipinski definition) is 6. The quantitative estimate of drug-likeness (QED) is 0.352. The summed E-state index contributed by atoms with van der Waals surface area (Å²) in [6.45, 7) is 0.435. The molecule has 3 N–H and O–H groups in total. The molecular formula is C6H13NO5. The van der Waals surface area contributed by atoms with Crippen LogP contribution in [0.3, 0.4) is 0 Å². The van der Waals surface area contributed by atoms with E-state index in [4.69, 9.17) is 15.3 Å². The van der Waals surface area contributed by atoms with Crippen LogP contribution in [-0.2, 0) is 4.74 Å². The van der Waals surface area contributed by atoms with Gasteiger partial charge in [0.2, 0.25) is 0 Å². The summed E-state index contributed by atoms with van der Waals surface area (Å²) in [5.74, 6) is 0. The molecule has 0 heterocycles. The summed E-state index contributed by atoms with van der Waals surface area (Å²) in [7, 11) is 0. The first-order valence-corrected chi connectivity index (χ1v) is 3.53. The predicted octanol–water partition coefficient (Wildman–Crippen LogP) is -1.17. The smallest absolute Gasteiger partial charge is 0.178 e. The van der Waals surface area contributed by atoms with Gasteiger partial charge in [0.1, 0.15) is 12.1 Å². The molecule has 72 valence electrons. The van der Waals surface area contributed by atoms with E-state index >= 15 is 0 Å². The predicted molar refractivity (Wildman–Crippen MR) is 40.3 cm³/mol. The Kier molecular flexibility index (Phi) is 5.73. The fourth-order valence-electron chi connectivity index (χ4n) is 0.622. The molecule has 0 aliphatic heterocycles. The van der Waals surface area contributed by atoms with Crippen molar-refractivity contribution in [1.29, 1.82) is 0 Å². The molecule has 0 aromatic heterocycles. The highest BCUT2D eigenvalue weighted by Crippen LogP contribution is 2.04. The van der Waals surface area contributed by atoms with Gasteiger partial charge in [0, 0.05) is 0 Å². The highest BCUT2D eigenvalue weighted by Gasteiger charge is 2.20. The number of ether oxygens (including phenoxy) is 1. The molecule has 0 bridgehead atoms. The maximum Gasteiger partial charge on any atom is 0.178 e. The van der Waals surface area contributed by atoms with E-state index in [2.05, 4.69) is 9.91 Å². The molecule has 6 nitrogen and oxygen atoms in total. The summed E-state index contributed by atoms with van der Waals surface area (Å²) < 4.78 is 4.66. The largest absolute Gasteiger partial charge is 0.394 e. The standard InChI is InChI=1S/C6H13NO5/c1-4(7-11)5(2-8)12-6(10)3-9/h4-6,8-10H,2-3H2,1H3. The molecule has 3 unspecified atom stereocenters. The molecule has 0 aliphatic rings. The normalized spacial score (nSPS) is 18.3. The first-order valence-electron chi connectivity index (χ1n) is 3.53. The minimum atomic E-state index is -1.38. The van der Waals surface area contributed by atoms with Crippen molar-refractivity contribution in [3.63, 3.8) is 0 Å². The molecule has 0 aromatic carbocycles. The van der Waals surface area contributed by atoms with E-state index in [1.165, 1.54) is 6.92 Å². The molecule has 0 rings (SSSR count). The van der Waals surface area contributed by atoms with Crippen LogP contribution in [0, 0.1) is 4.91 Å². The fraction of sp³-hybridized carbons (Fsp3) is 1.00. The Morgan fingerprint density at radius 1 is 1.42 bits per heavy atom. The van der Waals surface area contributed by atoms with Crippen LogP contribution < -0.4 is 0 Å². The number of aliphatic hydroxyl groups is 3. The third-order valence-corrected chi connectivity index (χ3v) is 1.37. The highest BCUT2D eigenvalue weighted by atomic mass is 16.6. The lowest BCUT2D eigenvalue weighted by molar-refractivity contribution is -0.168. The van der Waals surface area contributed by atoms with Crippen molar-refractivity contribution >= 4 is 0 Å². The first kappa shape index (κ1) is 11.4. The van der Waals surface area contributed by atoms with E-state index in [0.29, 0.717) is 0 Å². The Hall–Kier alpha value is -0.560. The van der Waals surface area contributed by atoms with Crippen molar-refractivity contribution in [2.75, 3.05) is 13.2 Å². The summed E-state index contributed by atoms with van der Waals surface area (Å²) >= 11 is 0. The molecule has 0 amide bonds. The van der Waals surface area contributed by atoms with Gasteiger partial charge in [-0.25, -0.2) is 0 Å². The minimum Gasteiger partial charge on any atom is -0.394 e. The van der Waals surface area contributed by atoms with Gasteiger partial charge in [-0.1, -0.05) is 5.18 Å². The Labute approximate surface area is 69.8 Å². The monoisotopic (exact) mass is 179 g/mol. The highest BCUT2D eigenvalue weighted by molar-refractivity contribution is 4.71.